The molecule has 0 aromatic rings. The Bertz CT molecular complexity index is 130. The Hall–Kier alpha value is -0.960. The van der Waals surface area contributed by atoms with Crippen molar-refractivity contribution in [3.63, 3.8) is 0 Å². The van der Waals surface area contributed by atoms with E-state index in [2.05, 4.69) is 0 Å². The van der Waals surface area contributed by atoms with Crippen molar-refractivity contribution in [2.75, 3.05) is 6.61 Å². The standard InChI is InChI=1S/C7H13NO2/c8-5-4-7(10)3-1-2-6-9/h3-5,9-10H,1-2,6,8H2. The van der Waals surface area contributed by atoms with Gasteiger partial charge in [0.15, 0.2) is 0 Å². The van der Waals surface area contributed by atoms with Crippen LogP contribution in [-0.2, 0) is 0 Å². The Balaban J connectivity index is 3.47. The van der Waals surface area contributed by atoms with Crippen LogP contribution in [0.5, 0.6) is 0 Å². The van der Waals surface area contributed by atoms with Crippen molar-refractivity contribution in [3.8, 4) is 0 Å². The Labute approximate surface area is 60.5 Å². The zero-order chi connectivity index (χ0) is 7.82. The fourth-order valence-corrected chi connectivity index (χ4v) is 0.508. The Morgan fingerprint density at radius 3 is 2.70 bits per heavy atom. The zero-order valence-corrected chi connectivity index (χ0v) is 5.83. The minimum Gasteiger partial charge on any atom is -0.508 e. The summed E-state index contributed by atoms with van der Waals surface area (Å²) >= 11 is 0. The van der Waals surface area contributed by atoms with Crippen LogP contribution < -0.4 is 5.73 Å². The lowest BCUT2D eigenvalue weighted by Gasteiger charge is -1.90. The molecule has 0 radical (unpaired) electrons. The molecule has 0 aliphatic carbocycles. The summed E-state index contributed by atoms with van der Waals surface area (Å²) in [6.07, 6.45) is 5.62. The Morgan fingerprint density at radius 2 is 2.20 bits per heavy atom. The SMILES string of the molecule is NC=CC(O)=CCCCO. The molecule has 0 rings (SSSR count). The molecule has 0 aromatic carbocycles. The first kappa shape index (κ1) is 9.04. The molecule has 0 spiro atoms. The highest BCUT2D eigenvalue weighted by Crippen LogP contribution is 1.95. The van der Waals surface area contributed by atoms with E-state index in [0.29, 0.717) is 12.8 Å². The van der Waals surface area contributed by atoms with Crippen LogP contribution in [0.3, 0.4) is 0 Å². The number of rotatable bonds is 4. The highest BCUT2D eigenvalue weighted by Gasteiger charge is 1.83. The number of unbranched alkanes of at least 4 members (excludes halogenated alkanes) is 1. The maximum Gasteiger partial charge on any atom is 0.113 e. The molecule has 0 bridgehead atoms. The molecule has 0 aromatic heterocycles. The van der Waals surface area contributed by atoms with Crippen LogP contribution in [0.15, 0.2) is 24.1 Å². The highest BCUT2D eigenvalue weighted by molar-refractivity contribution is 5.08. The molecule has 0 atom stereocenters. The molecule has 0 amide bonds. The lowest BCUT2D eigenvalue weighted by Crippen LogP contribution is -1.83. The predicted octanol–water partition coefficient (Wildman–Crippen LogP) is 0.673. The number of hydrogen-bond acceptors (Lipinski definition) is 3. The number of allylic oxidation sites excluding steroid dienone is 2. The van der Waals surface area contributed by atoms with Crippen molar-refractivity contribution < 1.29 is 10.2 Å². The van der Waals surface area contributed by atoms with Crippen molar-refractivity contribution >= 4 is 0 Å². The van der Waals surface area contributed by atoms with Gasteiger partial charge in [0.05, 0.1) is 0 Å². The summed E-state index contributed by atoms with van der Waals surface area (Å²) in [7, 11) is 0. The molecule has 3 heteroatoms. The molecule has 0 heterocycles. The molecule has 4 N–H and O–H groups in total. The summed E-state index contributed by atoms with van der Waals surface area (Å²) in [5, 5.41) is 17.2. The van der Waals surface area contributed by atoms with Gasteiger partial charge in [-0.05, 0) is 31.2 Å². The average molecular weight is 143 g/mol. The molecule has 0 unspecified atom stereocenters. The van der Waals surface area contributed by atoms with E-state index in [4.69, 9.17) is 15.9 Å². The van der Waals surface area contributed by atoms with Gasteiger partial charge in [-0.25, -0.2) is 0 Å². The smallest absolute Gasteiger partial charge is 0.113 e. The molecule has 0 aliphatic rings. The number of nitrogens with two attached hydrogens (primary N) is 1. The first-order valence-corrected chi connectivity index (χ1v) is 3.19. The average Bonchev–Trinajstić information content (AvgIpc) is 1.89. The van der Waals surface area contributed by atoms with Gasteiger partial charge in [-0.15, -0.1) is 0 Å². The maximum atomic E-state index is 8.89. The third-order valence-electron chi connectivity index (χ3n) is 0.983. The number of aliphatic hydroxyl groups excluding tert-OH is 2. The van der Waals surface area contributed by atoms with E-state index in [1.165, 1.54) is 12.3 Å². The molecule has 0 saturated carbocycles. The van der Waals surface area contributed by atoms with Gasteiger partial charge in [-0.3, -0.25) is 0 Å². The van der Waals surface area contributed by atoms with E-state index >= 15 is 0 Å². The molecule has 3 nitrogen and oxygen atoms in total. The van der Waals surface area contributed by atoms with Gasteiger partial charge in [0.2, 0.25) is 0 Å². The van der Waals surface area contributed by atoms with E-state index in [9.17, 15) is 0 Å². The lowest BCUT2D eigenvalue weighted by atomic mass is 10.3. The Kier molecular flexibility index (Phi) is 5.57. The molecule has 0 aliphatic heterocycles. The van der Waals surface area contributed by atoms with E-state index in [1.54, 1.807) is 6.08 Å². The van der Waals surface area contributed by atoms with E-state index in [-0.39, 0.29) is 12.4 Å². The molecule has 10 heavy (non-hydrogen) atoms. The van der Waals surface area contributed by atoms with Crippen molar-refractivity contribution in [2.45, 2.75) is 12.8 Å². The summed E-state index contributed by atoms with van der Waals surface area (Å²) in [6, 6.07) is 0. The molecule has 0 fully saturated rings. The van der Waals surface area contributed by atoms with Crippen molar-refractivity contribution in [3.05, 3.63) is 24.1 Å². The molecular weight excluding hydrogens is 130 g/mol. The van der Waals surface area contributed by atoms with Gasteiger partial charge in [0.25, 0.3) is 0 Å². The lowest BCUT2D eigenvalue weighted by molar-refractivity contribution is 0.289. The van der Waals surface area contributed by atoms with Crippen LogP contribution >= 0.6 is 0 Å². The highest BCUT2D eigenvalue weighted by atomic mass is 16.3. The molecule has 0 saturated heterocycles. The van der Waals surface area contributed by atoms with Crippen LogP contribution in [0.25, 0.3) is 0 Å². The van der Waals surface area contributed by atoms with Gasteiger partial charge in [-0.1, -0.05) is 0 Å². The largest absolute Gasteiger partial charge is 0.508 e. The third-order valence-corrected chi connectivity index (χ3v) is 0.983. The first-order chi connectivity index (χ1) is 4.81. The summed E-state index contributed by atoms with van der Waals surface area (Å²) in [5.74, 6) is 0.149. The van der Waals surface area contributed by atoms with Gasteiger partial charge >= 0.3 is 0 Å². The minimum atomic E-state index is 0.149. The van der Waals surface area contributed by atoms with Crippen LogP contribution in [0.1, 0.15) is 12.8 Å². The first-order valence-electron chi connectivity index (χ1n) is 3.19. The Morgan fingerprint density at radius 1 is 1.50 bits per heavy atom. The topological polar surface area (TPSA) is 66.5 Å². The second-order valence-electron chi connectivity index (χ2n) is 1.85. The van der Waals surface area contributed by atoms with E-state index in [1.807, 2.05) is 0 Å². The second-order valence-corrected chi connectivity index (χ2v) is 1.85. The van der Waals surface area contributed by atoms with Gasteiger partial charge in [0, 0.05) is 6.61 Å². The fourth-order valence-electron chi connectivity index (χ4n) is 0.508. The number of aliphatic hydroxyl groups is 2. The van der Waals surface area contributed by atoms with E-state index < -0.39 is 0 Å². The monoisotopic (exact) mass is 143 g/mol. The minimum absolute atomic E-state index is 0.149. The maximum absolute atomic E-state index is 8.89. The predicted molar refractivity (Wildman–Crippen MR) is 40.4 cm³/mol. The normalized spacial score (nSPS) is 12.7. The van der Waals surface area contributed by atoms with E-state index in [0.717, 1.165) is 0 Å². The zero-order valence-electron chi connectivity index (χ0n) is 5.83. The summed E-state index contributed by atoms with van der Waals surface area (Å²) in [5.41, 5.74) is 5.00. The van der Waals surface area contributed by atoms with Crippen molar-refractivity contribution in [2.24, 2.45) is 5.73 Å². The summed E-state index contributed by atoms with van der Waals surface area (Å²) < 4.78 is 0. The van der Waals surface area contributed by atoms with Crippen molar-refractivity contribution in [1.29, 1.82) is 0 Å². The van der Waals surface area contributed by atoms with Crippen LogP contribution in [0.4, 0.5) is 0 Å². The third kappa shape index (κ3) is 5.18. The summed E-state index contributed by atoms with van der Waals surface area (Å²) in [6.45, 7) is 0.149. The van der Waals surface area contributed by atoms with Crippen molar-refractivity contribution in [1.82, 2.24) is 0 Å². The quantitative estimate of drug-likeness (QED) is 0.308. The fraction of sp³-hybridized carbons (Fsp3) is 0.429. The van der Waals surface area contributed by atoms with Crippen LogP contribution in [-0.4, -0.2) is 16.8 Å². The van der Waals surface area contributed by atoms with Crippen LogP contribution in [0, 0.1) is 0 Å². The number of hydrogen-bond donors (Lipinski definition) is 3. The summed E-state index contributed by atoms with van der Waals surface area (Å²) in [4.78, 5) is 0. The second kappa shape index (κ2) is 6.16. The molecular formula is C7H13NO2. The molecule has 58 valence electrons. The van der Waals surface area contributed by atoms with Gasteiger partial charge < -0.3 is 15.9 Å². The van der Waals surface area contributed by atoms with Gasteiger partial charge in [-0.2, -0.15) is 0 Å². The van der Waals surface area contributed by atoms with Gasteiger partial charge in [0.1, 0.15) is 5.76 Å². The van der Waals surface area contributed by atoms with Crippen LogP contribution in [0.2, 0.25) is 0 Å².